The van der Waals surface area contributed by atoms with Gasteiger partial charge in [0, 0.05) is 34.9 Å². The van der Waals surface area contributed by atoms with Gasteiger partial charge in [-0.25, -0.2) is 0 Å². The second-order valence-corrected chi connectivity index (χ2v) is 7.96. The zero-order valence-corrected chi connectivity index (χ0v) is 18.1. The fourth-order valence-corrected chi connectivity index (χ4v) is 4.50. The summed E-state index contributed by atoms with van der Waals surface area (Å²) in [6.45, 7) is 3.55. The number of rotatable bonds is 5. The summed E-state index contributed by atoms with van der Waals surface area (Å²) in [6, 6.07) is 24.7. The molecule has 0 aliphatic carbocycles. The van der Waals surface area contributed by atoms with E-state index < -0.39 is 0 Å². The minimum absolute atomic E-state index is 0.183. The molecule has 1 saturated heterocycles. The number of nitrogens with zero attached hydrogens (tertiary/aromatic N) is 2. The number of para-hydroxylation sites is 1. The number of ether oxygens (including phenoxy) is 1. The second kappa shape index (κ2) is 8.00. The summed E-state index contributed by atoms with van der Waals surface area (Å²) in [5.41, 5.74) is 4.48. The Morgan fingerprint density at radius 3 is 2.48 bits per heavy atom. The highest BCUT2D eigenvalue weighted by atomic mass is 32.1. The highest BCUT2D eigenvalue weighted by Crippen LogP contribution is 2.31. The van der Waals surface area contributed by atoms with Crippen molar-refractivity contribution in [3.63, 3.8) is 0 Å². The monoisotopic (exact) mass is 426 g/mol. The fraction of sp³-hybridized carbons (Fsp3) is 0.154. The van der Waals surface area contributed by atoms with Gasteiger partial charge in [-0.1, -0.05) is 54.6 Å². The zero-order valence-electron chi connectivity index (χ0n) is 17.2. The number of benzene rings is 3. The van der Waals surface area contributed by atoms with Crippen molar-refractivity contribution in [3.8, 4) is 0 Å². The molecule has 1 fully saturated rings. The van der Waals surface area contributed by atoms with E-state index in [1.165, 1.54) is 26.7 Å². The van der Waals surface area contributed by atoms with Crippen molar-refractivity contribution in [1.29, 1.82) is 0 Å². The van der Waals surface area contributed by atoms with Crippen LogP contribution < -0.4 is 0 Å². The maximum atomic E-state index is 12.9. The lowest BCUT2D eigenvalue weighted by Crippen LogP contribution is -2.30. The van der Waals surface area contributed by atoms with Crippen molar-refractivity contribution < 1.29 is 9.53 Å². The zero-order chi connectivity index (χ0) is 21.4. The Balaban J connectivity index is 1.44. The maximum Gasteiger partial charge on any atom is 0.297 e. The number of aromatic nitrogens is 1. The number of aryl methyl sites for hydroxylation is 1. The molecule has 5 rings (SSSR count). The van der Waals surface area contributed by atoms with E-state index in [0.717, 1.165) is 24.1 Å². The van der Waals surface area contributed by atoms with Gasteiger partial charge in [0.25, 0.3) is 11.1 Å². The topological polar surface area (TPSA) is 34.5 Å². The molecule has 0 N–H and O–H groups in total. The predicted octanol–water partition coefficient (Wildman–Crippen LogP) is 5.54. The first kappa shape index (κ1) is 19.5. The number of amides is 1. The smallest absolute Gasteiger partial charge is 0.297 e. The number of fused-ring (bicyclic) bond motifs is 3. The van der Waals surface area contributed by atoms with Crippen molar-refractivity contribution in [2.24, 2.45) is 0 Å². The number of hydrogen-bond donors (Lipinski definition) is 0. The van der Waals surface area contributed by atoms with E-state index in [4.69, 9.17) is 17.0 Å². The van der Waals surface area contributed by atoms with E-state index in [-0.39, 0.29) is 16.8 Å². The lowest BCUT2D eigenvalue weighted by atomic mass is 10.1. The van der Waals surface area contributed by atoms with Gasteiger partial charge in [0.1, 0.15) is 0 Å². The maximum absolute atomic E-state index is 12.9. The van der Waals surface area contributed by atoms with Gasteiger partial charge in [0.05, 0.1) is 0 Å². The molecule has 3 aromatic carbocycles. The van der Waals surface area contributed by atoms with Crippen LogP contribution in [0.15, 0.2) is 78.6 Å². The molecule has 4 aromatic rings. The van der Waals surface area contributed by atoms with E-state index in [1.54, 1.807) is 6.08 Å². The van der Waals surface area contributed by atoms with Gasteiger partial charge in [0.15, 0.2) is 5.76 Å². The SMILES string of the molecule is CCn1c2ccccc2c2cc(C=C3OC(=S)N(CCc4ccccc4)C3=O)ccc21. The molecule has 0 bridgehead atoms. The van der Waals surface area contributed by atoms with Crippen molar-refractivity contribution in [2.75, 3.05) is 6.54 Å². The first-order valence-electron chi connectivity index (χ1n) is 10.5. The van der Waals surface area contributed by atoms with E-state index in [2.05, 4.69) is 47.9 Å². The van der Waals surface area contributed by atoms with E-state index in [0.29, 0.717) is 6.54 Å². The molecule has 31 heavy (non-hydrogen) atoms. The summed E-state index contributed by atoms with van der Waals surface area (Å²) < 4.78 is 7.97. The van der Waals surface area contributed by atoms with Gasteiger partial charge >= 0.3 is 0 Å². The third kappa shape index (κ3) is 3.51. The van der Waals surface area contributed by atoms with Crippen LogP contribution in [-0.4, -0.2) is 27.1 Å². The molecule has 1 aromatic heterocycles. The highest BCUT2D eigenvalue weighted by molar-refractivity contribution is 7.80. The average Bonchev–Trinajstić information content (AvgIpc) is 3.26. The van der Waals surface area contributed by atoms with Gasteiger partial charge in [-0.3, -0.25) is 9.69 Å². The van der Waals surface area contributed by atoms with Gasteiger partial charge < -0.3 is 9.30 Å². The number of carbonyl (C=O) groups is 1. The molecule has 1 amide bonds. The Labute approximate surface area is 186 Å². The van der Waals surface area contributed by atoms with E-state index in [9.17, 15) is 4.79 Å². The van der Waals surface area contributed by atoms with Crippen LogP contribution in [0.1, 0.15) is 18.1 Å². The number of thiocarbonyl (C=S) groups is 1. The van der Waals surface area contributed by atoms with Crippen LogP contribution in [0.25, 0.3) is 27.9 Å². The lowest BCUT2D eigenvalue weighted by Gasteiger charge is -2.11. The summed E-state index contributed by atoms with van der Waals surface area (Å²) in [5, 5.41) is 2.59. The first-order chi connectivity index (χ1) is 15.2. The summed E-state index contributed by atoms with van der Waals surface area (Å²) in [5.74, 6) is 0.0913. The van der Waals surface area contributed by atoms with Crippen LogP contribution in [0.3, 0.4) is 0 Å². The largest absolute Gasteiger partial charge is 0.426 e. The van der Waals surface area contributed by atoms with Crippen LogP contribution in [-0.2, 0) is 22.5 Å². The Bertz CT molecular complexity index is 1340. The average molecular weight is 427 g/mol. The summed E-state index contributed by atoms with van der Waals surface area (Å²) in [6.07, 6.45) is 2.51. The second-order valence-electron chi connectivity index (χ2n) is 7.61. The van der Waals surface area contributed by atoms with Crippen molar-refractivity contribution in [3.05, 3.63) is 89.7 Å². The first-order valence-corrected chi connectivity index (χ1v) is 10.9. The van der Waals surface area contributed by atoms with E-state index >= 15 is 0 Å². The van der Waals surface area contributed by atoms with Gasteiger partial charge in [-0.15, -0.1) is 0 Å². The van der Waals surface area contributed by atoms with Crippen molar-refractivity contribution >= 4 is 51.2 Å². The molecule has 5 heteroatoms. The Morgan fingerprint density at radius 1 is 0.935 bits per heavy atom. The van der Waals surface area contributed by atoms with E-state index in [1.807, 2.05) is 36.4 Å². The minimum atomic E-state index is -0.183. The quantitative estimate of drug-likeness (QED) is 0.310. The molecule has 0 radical (unpaired) electrons. The molecule has 1 aliphatic rings. The Kier molecular flexibility index (Phi) is 5.04. The molecule has 0 atom stereocenters. The predicted molar refractivity (Wildman–Crippen MR) is 129 cm³/mol. The molecule has 0 saturated carbocycles. The van der Waals surface area contributed by atoms with Crippen molar-refractivity contribution in [1.82, 2.24) is 9.47 Å². The molecule has 2 heterocycles. The minimum Gasteiger partial charge on any atom is -0.426 e. The summed E-state index contributed by atoms with van der Waals surface area (Å²) >= 11 is 5.32. The molecule has 0 unspecified atom stereocenters. The van der Waals surface area contributed by atoms with Gasteiger partial charge in [-0.05, 0) is 61.0 Å². The Morgan fingerprint density at radius 2 is 1.68 bits per heavy atom. The van der Waals surface area contributed by atoms with Crippen molar-refractivity contribution in [2.45, 2.75) is 19.9 Å². The van der Waals surface area contributed by atoms with Crippen LogP contribution in [0.4, 0.5) is 0 Å². The van der Waals surface area contributed by atoms with Crippen LogP contribution in [0, 0.1) is 0 Å². The van der Waals surface area contributed by atoms with Crippen LogP contribution in [0.5, 0.6) is 0 Å². The summed E-state index contributed by atoms with van der Waals surface area (Å²) in [7, 11) is 0. The lowest BCUT2D eigenvalue weighted by molar-refractivity contribution is -0.122. The third-order valence-corrected chi connectivity index (χ3v) is 6.05. The van der Waals surface area contributed by atoms with Crippen LogP contribution in [0.2, 0.25) is 0 Å². The standard InChI is InChI=1S/C26H22N2O2S/c1-2-27-22-11-7-6-10-20(22)21-16-19(12-13-23(21)27)17-24-25(29)28(26(31)30-24)15-14-18-8-4-3-5-9-18/h3-13,16-17H,2,14-15H2,1H3. The molecule has 0 spiro atoms. The molecule has 1 aliphatic heterocycles. The molecular weight excluding hydrogens is 404 g/mol. The molecule has 154 valence electrons. The highest BCUT2D eigenvalue weighted by Gasteiger charge is 2.33. The Hall–Kier alpha value is -3.44. The fourth-order valence-electron chi connectivity index (χ4n) is 4.23. The number of hydrogen-bond acceptors (Lipinski definition) is 3. The summed E-state index contributed by atoms with van der Waals surface area (Å²) in [4.78, 5) is 14.4. The van der Waals surface area contributed by atoms with Gasteiger partial charge in [-0.2, -0.15) is 0 Å². The molecular formula is C26H22N2O2S. The third-order valence-electron chi connectivity index (χ3n) is 5.75. The van der Waals surface area contributed by atoms with Gasteiger partial charge in [0.2, 0.25) is 0 Å². The molecule has 4 nitrogen and oxygen atoms in total. The number of carbonyl (C=O) groups excluding carboxylic acids is 1. The van der Waals surface area contributed by atoms with Crippen LogP contribution >= 0.6 is 12.2 Å². The normalized spacial score (nSPS) is 15.4.